The highest BCUT2D eigenvalue weighted by Gasteiger charge is 2.35. The summed E-state index contributed by atoms with van der Waals surface area (Å²) in [6, 6.07) is 29.2. The first kappa shape index (κ1) is 33.7. The first-order valence-corrected chi connectivity index (χ1v) is 16.8. The lowest BCUT2D eigenvalue weighted by molar-refractivity contribution is -0.140. The Labute approximate surface area is 271 Å². The van der Waals surface area contributed by atoms with Gasteiger partial charge in [0.1, 0.15) is 12.6 Å². The third kappa shape index (κ3) is 8.74. The molecule has 0 heterocycles. The lowest BCUT2D eigenvalue weighted by Crippen LogP contribution is -2.54. The number of nitrogens with one attached hydrogen (secondary N) is 1. The lowest BCUT2D eigenvalue weighted by atomic mass is 10.0. The molecule has 0 aliphatic rings. The van der Waals surface area contributed by atoms with Crippen LogP contribution in [0.25, 0.3) is 0 Å². The standard InChI is InChI=1S/C36H40ClN3O4S/c1-26(2)23-38-36(42)34(21-29-14-7-5-8-15-29)39(24-30-16-12-11-13-27(30)3)35(41)25-40(33-22-31(37)20-19-28(33)4)45(43,44)32-17-9-6-10-18-32/h5-20,22,26,34H,21,23-25H2,1-4H3,(H,38,42). The van der Waals surface area contributed by atoms with Crippen LogP contribution in [0.2, 0.25) is 5.02 Å². The van der Waals surface area contributed by atoms with Crippen LogP contribution in [-0.2, 0) is 32.6 Å². The van der Waals surface area contributed by atoms with Crippen molar-refractivity contribution in [2.45, 2.75) is 51.6 Å². The molecule has 0 aliphatic carbocycles. The van der Waals surface area contributed by atoms with Crippen LogP contribution in [0.4, 0.5) is 5.69 Å². The number of halogens is 1. The number of hydrogen-bond acceptors (Lipinski definition) is 4. The predicted octanol–water partition coefficient (Wildman–Crippen LogP) is 6.56. The first-order chi connectivity index (χ1) is 21.5. The molecule has 1 N–H and O–H groups in total. The van der Waals surface area contributed by atoms with E-state index in [1.165, 1.54) is 17.0 Å². The molecule has 0 spiro atoms. The van der Waals surface area contributed by atoms with Crippen LogP contribution in [0.15, 0.2) is 108 Å². The van der Waals surface area contributed by atoms with Gasteiger partial charge in [-0.15, -0.1) is 0 Å². The quantitative estimate of drug-likeness (QED) is 0.178. The summed E-state index contributed by atoms with van der Waals surface area (Å²) < 4.78 is 29.4. The zero-order valence-electron chi connectivity index (χ0n) is 26.1. The lowest BCUT2D eigenvalue weighted by Gasteiger charge is -2.34. The molecule has 0 aromatic heterocycles. The molecule has 4 aromatic carbocycles. The smallest absolute Gasteiger partial charge is 0.264 e. The monoisotopic (exact) mass is 645 g/mol. The second-order valence-corrected chi connectivity index (χ2v) is 13.8. The molecule has 4 aromatic rings. The molecule has 7 nitrogen and oxygen atoms in total. The van der Waals surface area contributed by atoms with E-state index in [4.69, 9.17) is 11.6 Å². The predicted molar refractivity (Wildman–Crippen MR) is 181 cm³/mol. The third-order valence-corrected chi connectivity index (χ3v) is 9.62. The van der Waals surface area contributed by atoms with Gasteiger partial charge in [0, 0.05) is 24.5 Å². The number of aryl methyl sites for hydroxylation is 2. The van der Waals surface area contributed by atoms with Crippen molar-refractivity contribution < 1.29 is 18.0 Å². The summed E-state index contributed by atoms with van der Waals surface area (Å²) in [5.74, 6) is -0.618. The summed E-state index contributed by atoms with van der Waals surface area (Å²) in [7, 11) is -4.20. The van der Waals surface area contributed by atoms with E-state index in [0.717, 1.165) is 21.0 Å². The summed E-state index contributed by atoms with van der Waals surface area (Å²) in [5.41, 5.74) is 3.61. The van der Waals surface area contributed by atoms with Crippen LogP contribution in [0.5, 0.6) is 0 Å². The molecule has 1 atom stereocenters. The molecule has 0 fully saturated rings. The highest BCUT2D eigenvalue weighted by atomic mass is 35.5. The van der Waals surface area contributed by atoms with Crippen molar-refractivity contribution in [2.75, 3.05) is 17.4 Å². The van der Waals surface area contributed by atoms with Gasteiger partial charge in [-0.05, 0) is 66.3 Å². The number of nitrogens with zero attached hydrogens (tertiary/aromatic N) is 2. The molecular weight excluding hydrogens is 606 g/mol. The van der Waals surface area contributed by atoms with E-state index in [9.17, 15) is 18.0 Å². The molecular formula is C36H40ClN3O4S. The van der Waals surface area contributed by atoms with Crippen molar-refractivity contribution in [3.63, 3.8) is 0 Å². The van der Waals surface area contributed by atoms with Crippen LogP contribution < -0.4 is 9.62 Å². The van der Waals surface area contributed by atoms with Gasteiger partial charge in [0.2, 0.25) is 11.8 Å². The van der Waals surface area contributed by atoms with E-state index in [1.807, 2.05) is 75.4 Å². The Morgan fingerprint density at radius 2 is 1.44 bits per heavy atom. The zero-order valence-corrected chi connectivity index (χ0v) is 27.7. The van der Waals surface area contributed by atoms with Gasteiger partial charge in [-0.25, -0.2) is 8.42 Å². The molecule has 2 amide bonds. The zero-order chi connectivity index (χ0) is 32.6. The van der Waals surface area contributed by atoms with E-state index in [2.05, 4.69) is 5.32 Å². The maximum absolute atomic E-state index is 14.6. The fourth-order valence-corrected chi connectivity index (χ4v) is 6.69. The summed E-state index contributed by atoms with van der Waals surface area (Å²) in [6.45, 7) is 7.74. The van der Waals surface area contributed by atoms with E-state index < -0.39 is 28.5 Å². The molecule has 4 rings (SSSR count). The number of amides is 2. The Morgan fingerprint density at radius 3 is 2.09 bits per heavy atom. The van der Waals surface area contributed by atoms with Gasteiger partial charge in [-0.2, -0.15) is 0 Å². The molecule has 236 valence electrons. The molecule has 9 heteroatoms. The SMILES string of the molecule is Cc1ccccc1CN(C(=O)CN(c1cc(Cl)ccc1C)S(=O)(=O)c1ccccc1)C(Cc1ccccc1)C(=O)NCC(C)C. The van der Waals surface area contributed by atoms with Gasteiger partial charge in [-0.1, -0.05) is 104 Å². The molecule has 0 saturated carbocycles. The van der Waals surface area contributed by atoms with E-state index in [-0.39, 0.29) is 29.7 Å². The van der Waals surface area contributed by atoms with Crippen LogP contribution in [0.1, 0.15) is 36.1 Å². The Morgan fingerprint density at radius 1 is 0.822 bits per heavy atom. The first-order valence-electron chi connectivity index (χ1n) is 15.0. The summed E-state index contributed by atoms with van der Waals surface area (Å²) in [5, 5.41) is 3.35. The summed E-state index contributed by atoms with van der Waals surface area (Å²) >= 11 is 6.35. The number of sulfonamides is 1. The van der Waals surface area contributed by atoms with Crippen molar-refractivity contribution in [3.8, 4) is 0 Å². The second kappa shape index (κ2) is 15.2. The maximum atomic E-state index is 14.6. The maximum Gasteiger partial charge on any atom is 0.264 e. The third-order valence-electron chi connectivity index (χ3n) is 7.61. The van der Waals surface area contributed by atoms with Crippen molar-refractivity contribution in [2.24, 2.45) is 5.92 Å². The van der Waals surface area contributed by atoms with E-state index in [0.29, 0.717) is 22.8 Å². The van der Waals surface area contributed by atoms with Gasteiger partial charge in [0.25, 0.3) is 10.0 Å². The van der Waals surface area contributed by atoms with Gasteiger partial charge in [-0.3, -0.25) is 13.9 Å². The minimum absolute atomic E-state index is 0.0399. The Bertz CT molecular complexity index is 1710. The van der Waals surface area contributed by atoms with Gasteiger partial charge in [0.15, 0.2) is 0 Å². The molecule has 0 aliphatic heterocycles. The average Bonchev–Trinajstić information content (AvgIpc) is 3.03. The summed E-state index contributed by atoms with van der Waals surface area (Å²) in [6.07, 6.45) is 0.254. The van der Waals surface area contributed by atoms with Crippen LogP contribution in [0, 0.1) is 19.8 Å². The Balaban J connectivity index is 1.83. The van der Waals surface area contributed by atoms with E-state index >= 15 is 0 Å². The number of rotatable bonds is 13. The summed E-state index contributed by atoms with van der Waals surface area (Å²) in [4.78, 5) is 30.0. The number of hydrogen-bond donors (Lipinski definition) is 1. The van der Waals surface area contributed by atoms with Crippen molar-refractivity contribution in [3.05, 3.63) is 130 Å². The van der Waals surface area contributed by atoms with Gasteiger partial charge < -0.3 is 10.2 Å². The average molecular weight is 646 g/mol. The minimum Gasteiger partial charge on any atom is -0.354 e. The number of carbonyl (C=O) groups is 2. The molecule has 0 bridgehead atoms. The van der Waals surface area contributed by atoms with Gasteiger partial charge >= 0.3 is 0 Å². The number of carbonyl (C=O) groups excluding carboxylic acids is 2. The van der Waals surface area contributed by atoms with Crippen molar-refractivity contribution in [1.29, 1.82) is 0 Å². The van der Waals surface area contributed by atoms with Crippen molar-refractivity contribution in [1.82, 2.24) is 10.2 Å². The topological polar surface area (TPSA) is 86.8 Å². The van der Waals surface area contributed by atoms with Gasteiger partial charge in [0.05, 0.1) is 10.6 Å². The highest BCUT2D eigenvalue weighted by Crippen LogP contribution is 2.30. The van der Waals surface area contributed by atoms with E-state index in [1.54, 1.807) is 43.3 Å². The highest BCUT2D eigenvalue weighted by molar-refractivity contribution is 7.92. The number of anilines is 1. The molecule has 0 saturated heterocycles. The largest absolute Gasteiger partial charge is 0.354 e. The van der Waals surface area contributed by atoms with Crippen LogP contribution in [-0.4, -0.2) is 44.3 Å². The Hall–Kier alpha value is -4.14. The fraction of sp³-hybridized carbons (Fsp3) is 0.278. The normalized spacial score (nSPS) is 12.0. The number of benzene rings is 4. The fourth-order valence-electron chi connectivity index (χ4n) is 5.03. The molecule has 45 heavy (non-hydrogen) atoms. The molecule has 0 radical (unpaired) electrons. The molecule has 1 unspecified atom stereocenters. The minimum atomic E-state index is -4.20. The van der Waals surface area contributed by atoms with Crippen LogP contribution >= 0.6 is 11.6 Å². The van der Waals surface area contributed by atoms with Crippen LogP contribution in [0.3, 0.4) is 0 Å². The Kier molecular flexibility index (Phi) is 11.4. The van der Waals surface area contributed by atoms with Crippen molar-refractivity contribution >= 4 is 39.1 Å². The second-order valence-electron chi connectivity index (χ2n) is 11.5.